The van der Waals surface area contributed by atoms with Gasteiger partial charge in [-0.1, -0.05) is 5.21 Å². The van der Waals surface area contributed by atoms with E-state index in [9.17, 15) is 18.0 Å². The van der Waals surface area contributed by atoms with E-state index in [-0.39, 0.29) is 11.9 Å². The fourth-order valence-electron chi connectivity index (χ4n) is 2.03. The van der Waals surface area contributed by atoms with Crippen LogP contribution >= 0.6 is 0 Å². The molecule has 2 heterocycles. The Morgan fingerprint density at radius 2 is 2.05 bits per heavy atom. The summed E-state index contributed by atoms with van der Waals surface area (Å²) in [6.45, 7) is 0.193. The van der Waals surface area contributed by atoms with E-state index in [1.54, 1.807) is 4.57 Å². The van der Waals surface area contributed by atoms with E-state index in [2.05, 4.69) is 20.6 Å². The molecule has 0 unspecified atom stereocenters. The van der Waals surface area contributed by atoms with Crippen molar-refractivity contribution >= 4 is 10.9 Å². The number of benzene rings is 1. The predicted molar refractivity (Wildman–Crippen MR) is 66.5 cm³/mol. The number of halogens is 3. The second-order valence-electron chi connectivity index (χ2n) is 4.37. The van der Waals surface area contributed by atoms with E-state index in [1.165, 1.54) is 18.3 Å². The van der Waals surface area contributed by atoms with Crippen LogP contribution in [0.4, 0.5) is 13.2 Å². The fraction of sp³-hybridized carbons (Fsp3) is 0.167. The quantitative estimate of drug-likeness (QED) is 0.778. The van der Waals surface area contributed by atoms with Gasteiger partial charge >= 0.3 is 6.18 Å². The van der Waals surface area contributed by atoms with Gasteiger partial charge in [0, 0.05) is 17.6 Å². The third-order valence-corrected chi connectivity index (χ3v) is 3.01. The average molecular weight is 295 g/mol. The Hall–Kier alpha value is -2.71. The van der Waals surface area contributed by atoms with E-state index < -0.39 is 17.2 Å². The SMILES string of the molecule is O=c1ccn(Cc2nn[nH]n2)c2ccc(C(F)(F)F)cc12. The standard InChI is InChI=1S/C12H8F3N5O/c13-12(14,15)7-1-2-9-8(5-7)10(21)3-4-20(9)6-11-16-18-19-17-11/h1-5H,6H2,(H,16,17,18,19). The molecule has 2 aromatic heterocycles. The zero-order valence-corrected chi connectivity index (χ0v) is 10.4. The summed E-state index contributed by atoms with van der Waals surface area (Å²) >= 11 is 0. The van der Waals surface area contributed by atoms with Gasteiger partial charge in [-0.2, -0.15) is 18.4 Å². The predicted octanol–water partition coefficient (Wildman–Crippen LogP) is 1.58. The normalized spacial score (nSPS) is 12.0. The van der Waals surface area contributed by atoms with E-state index >= 15 is 0 Å². The van der Waals surface area contributed by atoms with Gasteiger partial charge in [0.15, 0.2) is 11.3 Å². The van der Waals surface area contributed by atoms with Crippen LogP contribution in [0.3, 0.4) is 0 Å². The fourth-order valence-corrected chi connectivity index (χ4v) is 2.03. The summed E-state index contributed by atoms with van der Waals surface area (Å²) in [5.74, 6) is 0.361. The second kappa shape index (κ2) is 4.69. The highest BCUT2D eigenvalue weighted by molar-refractivity contribution is 5.79. The summed E-state index contributed by atoms with van der Waals surface area (Å²) in [6.07, 6.45) is -3.01. The number of hydrogen-bond acceptors (Lipinski definition) is 4. The summed E-state index contributed by atoms with van der Waals surface area (Å²) in [6, 6.07) is 4.26. The maximum Gasteiger partial charge on any atom is 0.416 e. The number of nitrogens with zero attached hydrogens (tertiary/aromatic N) is 4. The van der Waals surface area contributed by atoms with Crippen LogP contribution in [0.15, 0.2) is 35.3 Å². The van der Waals surface area contributed by atoms with Crippen molar-refractivity contribution in [3.05, 3.63) is 52.1 Å². The first-order chi connectivity index (χ1) is 9.95. The van der Waals surface area contributed by atoms with Crippen LogP contribution in [-0.2, 0) is 12.7 Å². The average Bonchev–Trinajstić information content (AvgIpc) is 2.94. The molecule has 3 aromatic rings. The van der Waals surface area contributed by atoms with Gasteiger partial charge in [-0.3, -0.25) is 4.79 Å². The molecule has 0 saturated heterocycles. The molecule has 0 aliphatic carbocycles. The van der Waals surface area contributed by atoms with Gasteiger partial charge in [0.05, 0.1) is 17.6 Å². The molecule has 0 amide bonds. The van der Waals surface area contributed by atoms with Crippen LogP contribution in [0.2, 0.25) is 0 Å². The molecule has 0 aliphatic rings. The Morgan fingerprint density at radius 3 is 2.71 bits per heavy atom. The summed E-state index contributed by atoms with van der Waals surface area (Å²) in [7, 11) is 0. The number of aromatic amines is 1. The van der Waals surface area contributed by atoms with Crippen molar-refractivity contribution in [1.82, 2.24) is 25.2 Å². The number of rotatable bonds is 2. The lowest BCUT2D eigenvalue weighted by Gasteiger charge is -2.11. The molecule has 6 nitrogen and oxygen atoms in total. The Labute approximate surface area is 115 Å². The van der Waals surface area contributed by atoms with Gasteiger partial charge in [-0.15, -0.1) is 10.2 Å². The van der Waals surface area contributed by atoms with E-state index in [4.69, 9.17) is 0 Å². The molecule has 21 heavy (non-hydrogen) atoms. The Kier molecular flexibility index (Phi) is 2.96. The first-order valence-corrected chi connectivity index (χ1v) is 5.88. The largest absolute Gasteiger partial charge is 0.416 e. The van der Waals surface area contributed by atoms with Gasteiger partial charge in [0.1, 0.15) is 0 Å². The highest BCUT2D eigenvalue weighted by Crippen LogP contribution is 2.30. The van der Waals surface area contributed by atoms with E-state index in [1.807, 2.05) is 0 Å². The zero-order valence-electron chi connectivity index (χ0n) is 10.4. The van der Waals surface area contributed by atoms with E-state index in [0.717, 1.165) is 12.1 Å². The van der Waals surface area contributed by atoms with Crippen molar-refractivity contribution in [2.75, 3.05) is 0 Å². The molecule has 0 radical (unpaired) electrons. The minimum atomic E-state index is -4.49. The van der Waals surface area contributed by atoms with Crippen LogP contribution in [0.5, 0.6) is 0 Å². The highest BCUT2D eigenvalue weighted by atomic mass is 19.4. The number of tetrazole rings is 1. The van der Waals surface area contributed by atoms with Crippen LogP contribution in [0.1, 0.15) is 11.4 Å². The third kappa shape index (κ3) is 2.49. The lowest BCUT2D eigenvalue weighted by atomic mass is 10.1. The highest BCUT2D eigenvalue weighted by Gasteiger charge is 2.30. The van der Waals surface area contributed by atoms with Crippen molar-refractivity contribution in [3.8, 4) is 0 Å². The van der Waals surface area contributed by atoms with Gasteiger partial charge < -0.3 is 4.57 Å². The number of hydrogen-bond donors (Lipinski definition) is 1. The van der Waals surface area contributed by atoms with Crippen molar-refractivity contribution in [2.24, 2.45) is 0 Å². The molecule has 0 aliphatic heterocycles. The van der Waals surface area contributed by atoms with Gasteiger partial charge in [-0.05, 0) is 18.2 Å². The summed E-state index contributed by atoms with van der Waals surface area (Å²) in [5, 5.41) is 13.2. The van der Waals surface area contributed by atoms with Crippen LogP contribution in [-0.4, -0.2) is 25.2 Å². The van der Waals surface area contributed by atoms with Crippen LogP contribution < -0.4 is 5.43 Å². The smallest absolute Gasteiger partial charge is 0.339 e. The Bertz CT molecular complexity index is 838. The minimum Gasteiger partial charge on any atom is -0.339 e. The van der Waals surface area contributed by atoms with Crippen LogP contribution in [0.25, 0.3) is 10.9 Å². The first kappa shape index (κ1) is 13.3. The molecule has 0 spiro atoms. The molecule has 1 aromatic carbocycles. The summed E-state index contributed by atoms with van der Waals surface area (Å²) < 4.78 is 39.7. The molecule has 0 bridgehead atoms. The van der Waals surface area contributed by atoms with Crippen molar-refractivity contribution in [3.63, 3.8) is 0 Å². The number of H-pyrrole nitrogens is 1. The lowest BCUT2D eigenvalue weighted by Crippen LogP contribution is -2.12. The number of aromatic nitrogens is 5. The number of pyridine rings is 1. The maximum absolute atomic E-state index is 12.7. The molecule has 0 atom stereocenters. The van der Waals surface area contributed by atoms with Gasteiger partial charge in [0.2, 0.25) is 0 Å². The monoisotopic (exact) mass is 295 g/mol. The molecular weight excluding hydrogens is 287 g/mol. The number of fused-ring (bicyclic) bond motifs is 1. The molecule has 0 fully saturated rings. The molecule has 9 heteroatoms. The van der Waals surface area contributed by atoms with Crippen molar-refractivity contribution in [2.45, 2.75) is 12.7 Å². The first-order valence-electron chi connectivity index (χ1n) is 5.88. The topological polar surface area (TPSA) is 76.5 Å². The summed E-state index contributed by atoms with van der Waals surface area (Å²) in [5.41, 5.74) is -0.954. The molecule has 0 saturated carbocycles. The molecule has 3 rings (SSSR count). The number of alkyl halides is 3. The molecule has 108 valence electrons. The van der Waals surface area contributed by atoms with Gasteiger partial charge in [-0.25, -0.2) is 0 Å². The van der Waals surface area contributed by atoms with E-state index in [0.29, 0.717) is 11.3 Å². The maximum atomic E-state index is 12.7. The summed E-state index contributed by atoms with van der Waals surface area (Å²) in [4.78, 5) is 11.8. The van der Waals surface area contributed by atoms with Crippen LogP contribution in [0, 0.1) is 0 Å². The second-order valence-corrected chi connectivity index (χ2v) is 4.37. The number of nitrogens with one attached hydrogen (secondary N) is 1. The Balaban J connectivity index is 2.16. The van der Waals surface area contributed by atoms with Gasteiger partial charge in [0.25, 0.3) is 0 Å². The third-order valence-electron chi connectivity index (χ3n) is 3.01. The molecular formula is C12H8F3N5O. The molecule has 1 N–H and O–H groups in total. The minimum absolute atomic E-state index is 0.00387. The van der Waals surface area contributed by atoms with Crippen molar-refractivity contribution < 1.29 is 13.2 Å². The Morgan fingerprint density at radius 1 is 1.24 bits per heavy atom. The zero-order chi connectivity index (χ0) is 15.0. The van der Waals surface area contributed by atoms with Crippen molar-refractivity contribution in [1.29, 1.82) is 0 Å². The lowest BCUT2D eigenvalue weighted by molar-refractivity contribution is -0.137.